The minimum absolute atomic E-state index is 0.112. The Morgan fingerprint density at radius 3 is 2.52 bits per heavy atom. The highest BCUT2D eigenvalue weighted by Gasteiger charge is 2.35. The SMILES string of the molecule is Cc1ccccc1[C@H]1CCCN1C(=O)Nc1ccccc1C(F)(F)F. The van der Waals surface area contributed by atoms with Crippen molar-refractivity contribution in [2.75, 3.05) is 11.9 Å². The van der Waals surface area contributed by atoms with Crippen LogP contribution in [0.3, 0.4) is 0 Å². The maximum absolute atomic E-state index is 13.1. The Hall–Kier alpha value is -2.50. The first-order valence-corrected chi connectivity index (χ1v) is 8.17. The molecule has 2 amide bonds. The van der Waals surface area contributed by atoms with E-state index in [4.69, 9.17) is 0 Å². The molecule has 1 aliphatic rings. The zero-order chi connectivity index (χ0) is 18.0. The molecule has 0 radical (unpaired) electrons. The third kappa shape index (κ3) is 3.62. The highest BCUT2D eigenvalue weighted by Crippen LogP contribution is 2.37. The van der Waals surface area contributed by atoms with Crippen molar-refractivity contribution >= 4 is 11.7 Å². The average molecular weight is 348 g/mol. The first-order chi connectivity index (χ1) is 11.9. The summed E-state index contributed by atoms with van der Waals surface area (Å²) in [5, 5.41) is 2.45. The van der Waals surface area contributed by atoms with Crippen LogP contribution < -0.4 is 5.32 Å². The molecule has 3 nitrogen and oxygen atoms in total. The van der Waals surface area contributed by atoms with E-state index in [1.165, 1.54) is 18.2 Å². The van der Waals surface area contributed by atoms with Crippen LogP contribution >= 0.6 is 0 Å². The Morgan fingerprint density at radius 2 is 1.80 bits per heavy atom. The van der Waals surface area contributed by atoms with Gasteiger partial charge in [0, 0.05) is 6.54 Å². The van der Waals surface area contributed by atoms with Crippen LogP contribution in [-0.2, 0) is 6.18 Å². The number of alkyl halides is 3. The van der Waals surface area contributed by atoms with Crippen molar-refractivity contribution in [3.8, 4) is 0 Å². The largest absolute Gasteiger partial charge is 0.418 e. The zero-order valence-corrected chi connectivity index (χ0v) is 13.8. The Balaban J connectivity index is 1.83. The fourth-order valence-corrected chi connectivity index (χ4v) is 3.32. The molecule has 0 aliphatic carbocycles. The van der Waals surface area contributed by atoms with Crippen molar-refractivity contribution in [3.05, 3.63) is 65.2 Å². The van der Waals surface area contributed by atoms with E-state index < -0.39 is 17.8 Å². The number of carbonyl (C=O) groups excluding carboxylic acids is 1. The predicted molar refractivity (Wildman–Crippen MR) is 90.3 cm³/mol. The highest BCUT2D eigenvalue weighted by molar-refractivity contribution is 5.90. The van der Waals surface area contributed by atoms with Gasteiger partial charge in [-0.25, -0.2) is 4.79 Å². The molecule has 1 atom stereocenters. The van der Waals surface area contributed by atoms with E-state index >= 15 is 0 Å². The molecule has 1 heterocycles. The lowest BCUT2D eigenvalue weighted by Gasteiger charge is -2.27. The van der Waals surface area contributed by atoms with Crippen molar-refractivity contribution in [1.82, 2.24) is 4.90 Å². The summed E-state index contributed by atoms with van der Waals surface area (Å²) in [7, 11) is 0. The molecule has 1 fully saturated rings. The fraction of sp³-hybridized carbons (Fsp3) is 0.316. The molecule has 0 bridgehead atoms. The maximum Gasteiger partial charge on any atom is 0.418 e. The van der Waals surface area contributed by atoms with E-state index in [2.05, 4.69) is 5.32 Å². The summed E-state index contributed by atoms with van der Waals surface area (Å²) in [5.74, 6) is 0. The van der Waals surface area contributed by atoms with E-state index in [1.54, 1.807) is 4.90 Å². The van der Waals surface area contributed by atoms with Gasteiger partial charge in [-0.2, -0.15) is 13.2 Å². The number of anilines is 1. The number of aryl methyl sites for hydroxylation is 1. The molecule has 3 rings (SSSR count). The van der Waals surface area contributed by atoms with E-state index in [0.717, 1.165) is 30.0 Å². The fourth-order valence-electron chi connectivity index (χ4n) is 3.32. The third-order valence-electron chi connectivity index (χ3n) is 4.54. The maximum atomic E-state index is 13.1. The number of hydrogen-bond acceptors (Lipinski definition) is 1. The van der Waals surface area contributed by atoms with Crippen LogP contribution in [-0.4, -0.2) is 17.5 Å². The first-order valence-electron chi connectivity index (χ1n) is 8.17. The van der Waals surface area contributed by atoms with Gasteiger partial charge in [-0.15, -0.1) is 0 Å². The van der Waals surface area contributed by atoms with Gasteiger partial charge in [0.25, 0.3) is 0 Å². The Bertz CT molecular complexity index is 773. The molecule has 2 aromatic carbocycles. The monoisotopic (exact) mass is 348 g/mol. The van der Waals surface area contributed by atoms with Crippen molar-refractivity contribution in [1.29, 1.82) is 0 Å². The van der Waals surface area contributed by atoms with E-state index in [0.29, 0.717) is 6.54 Å². The van der Waals surface area contributed by atoms with Crippen LogP contribution in [0.2, 0.25) is 0 Å². The Labute approximate surface area is 144 Å². The van der Waals surface area contributed by atoms with Gasteiger partial charge in [0.2, 0.25) is 0 Å². The van der Waals surface area contributed by atoms with Crippen LogP contribution in [0.4, 0.5) is 23.7 Å². The second kappa shape index (κ2) is 6.78. The van der Waals surface area contributed by atoms with Crippen LogP contribution in [0.1, 0.15) is 35.6 Å². The molecule has 0 spiro atoms. The molecular formula is C19H19F3N2O. The normalized spacial score (nSPS) is 17.6. The summed E-state index contributed by atoms with van der Waals surface area (Å²) in [5.41, 5.74) is 1.06. The van der Waals surface area contributed by atoms with Crippen molar-refractivity contribution in [3.63, 3.8) is 0 Å². The van der Waals surface area contributed by atoms with Gasteiger partial charge in [0.1, 0.15) is 0 Å². The summed E-state index contributed by atoms with van der Waals surface area (Å²) in [4.78, 5) is 14.3. The van der Waals surface area contributed by atoms with E-state index in [-0.39, 0.29) is 11.7 Å². The van der Waals surface area contributed by atoms with E-state index in [1.807, 2.05) is 31.2 Å². The Morgan fingerprint density at radius 1 is 1.12 bits per heavy atom. The van der Waals surface area contributed by atoms with Gasteiger partial charge >= 0.3 is 12.2 Å². The topological polar surface area (TPSA) is 32.3 Å². The minimum atomic E-state index is -4.51. The number of rotatable bonds is 2. The zero-order valence-electron chi connectivity index (χ0n) is 13.8. The molecule has 6 heteroatoms. The van der Waals surface area contributed by atoms with Crippen LogP contribution in [0.5, 0.6) is 0 Å². The number of benzene rings is 2. The quantitative estimate of drug-likeness (QED) is 0.776. The smallest absolute Gasteiger partial charge is 0.317 e. The molecule has 1 N–H and O–H groups in total. The molecule has 0 saturated carbocycles. The number of nitrogens with one attached hydrogen (secondary N) is 1. The van der Waals surface area contributed by atoms with Crippen LogP contribution in [0, 0.1) is 6.92 Å². The lowest BCUT2D eigenvalue weighted by atomic mass is 9.99. The molecule has 25 heavy (non-hydrogen) atoms. The highest BCUT2D eigenvalue weighted by atomic mass is 19.4. The number of hydrogen-bond donors (Lipinski definition) is 1. The van der Waals surface area contributed by atoms with Gasteiger partial charge in [0.15, 0.2) is 0 Å². The summed E-state index contributed by atoms with van der Waals surface area (Å²) in [6.45, 7) is 2.50. The lowest BCUT2D eigenvalue weighted by Crippen LogP contribution is -2.35. The van der Waals surface area contributed by atoms with Gasteiger partial charge < -0.3 is 10.2 Å². The second-order valence-electron chi connectivity index (χ2n) is 6.18. The summed E-state index contributed by atoms with van der Waals surface area (Å²) in [6.07, 6.45) is -2.88. The first kappa shape index (κ1) is 17.3. The number of halogens is 3. The molecule has 1 aliphatic heterocycles. The average Bonchev–Trinajstić information content (AvgIpc) is 3.04. The number of para-hydroxylation sites is 1. The molecule has 132 valence electrons. The number of amides is 2. The standard InChI is InChI=1S/C19H19F3N2O/c1-13-7-2-3-8-14(13)17-11-6-12-24(17)18(25)23-16-10-5-4-9-15(16)19(20,21)22/h2-5,7-10,17H,6,11-12H2,1H3,(H,23,25)/t17-/m1/s1. The van der Waals surface area contributed by atoms with E-state index in [9.17, 15) is 18.0 Å². The minimum Gasteiger partial charge on any atom is -0.317 e. The van der Waals surface area contributed by atoms with Gasteiger partial charge in [-0.3, -0.25) is 0 Å². The lowest BCUT2D eigenvalue weighted by molar-refractivity contribution is -0.136. The number of likely N-dealkylation sites (tertiary alicyclic amines) is 1. The summed E-state index contributed by atoms with van der Waals surface area (Å²) >= 11 is 0. The molecule has 1 saturated heterocycles. The molecular weight excluding hydrogens is 329 g/mol. The third-order valence-corrected chi connectivity index (χ3v) is 4.54. The molecule has 0 aromatic heterocycles. The Kier molecular flexibility index (Phi) is 4.70. The summed E-state index contributed by atoms with van der Waals surface area (Å²) in [6, 6.07) is 12.2. The predicted octanol–water partition coefficient (Wildman–Crippen LogP) is 5.38. The van der Waals surface area contributed by atoms with Gasteiger partial charge in [0.05, 0.1) is 17.3 Å². The number of urea groups is 1. The van der Waals surface area contributed by atoms with Crippen LogP contribution in [0.15, 0.2) is 48.5 Å². The molecule has 0 unspecified atom stereocenters. The number of nitrogens with zero attached hydrogens (tertiary/aromatic N) is 1. The van der Waals surface area contributed by atoms with Crippen LogP contribution in [0.25, 0.3) is 0 Å². The van der Waals surface area contributed by atoms with Gasteiger partial charge in [-0.05, 0) is 43.0 Å². The van der Waals surface area contributed by atoms with Crippen molar-refractivity contribution < 1.29 is 18.0 Å². The second-order valence-corrected chi connectivity index (χ2v) is 6.18. The number of carbonyl (C=O) groups is 1. The van der Waals surface area contributed by atoms with Crippen molar-refractivity contribution in [2.24, 2.45) is 0 Å². The van der Waals surface area contributed by atoms with Gasteiger partial charge in [-0.1, -0.05) is 36.4 Å². The summed E-state index contributed by atoms with van der Waals surface area (Å²) < 4.78 is 39.3. The molecule has 2 aromatic rings. The van der Waals surface area contributed by atoms with Crippen molar-refractivity contribution in [2.45, 2.75) is 32.0 Å².